The second kappa shape index (κ2) is 9.00. The lowest BCUT2D eigenvalue weighted by Gasteiger charge is -2.24. The van der Waals surface area contributed by atoms with Gasteiger partial charge in [-0.2, -0.15) is 4.99 Å². The monoisotopic (exact) mass is 462 g/mol. The molecule has 0 aliphatic carbocycles. The molecule has 6 nitrogen and oxygen atoms in total. The summed E-state index contributed by atoms with van der Waals surface area (Å²) in [6.07, 6.45) is 0.767. The van der Waals surface area contributed by atoms with E-state index in [0.29, 0.717) is 23.7 Å². The molecular weight excluding hydrogens is 439 g/mol. The number of hydrogen-bond donors (Lipinski definition) is 0. The van der Waals surface area contributed by atoms with E-state index < -0.39 is 9.84 Å². The Balaban J connectivity index is 1.49. The summed E-state index contributed by atoms with van der Waals surface area (Å²) in [5.41, 5.74) is 1.78. The molecule has 0 radical (unpaired) electrons. The van der Waals surface area contributed by atoms with Gasteiger partial charge in [-0.25, -0.2) is 12.8 Å². The molecule has 1 amide bonds. The number of halogens is 1. The van der Waals surface area contributed by atoms with E-state index in [4.69, 9.17) is 4.74 Å². The third-order valence-corrected chi connectivity index (χ3v) is 8.71. The maximum atomic E-state index is 13.1. The van der Waals surface area contributed by atoms with Gasteiger partial charge in [0.05, 0.1) is 31.1 Å². The summed E-state index contributed by atoms with van der Waals surface area (Å²) >= 11 is 1.37. The normalized spacial score (nSPS) is 23.2. The Morgan fingerprint density at radius 3 is 2.48 bits per heavy atom. The van der Waals surface area contributed by atoms with Gasteiger partial charge in [-0.05, 0) is 41.8 Å². The topological polar surface area (TPSA) is 76.0 Å². The highest BCUT2D eigenvalue weighted by molar-refractivity contribution is 8.15. The van der Waals surface area contributed by atoms with Gasteiger partial charge in [0, 0.05) is 11.8 Å². The van der Waals surface area contributed by atoms with Crippen LogP contribution in [0.1, 0.15) is 11.1 Å². The van der Waals surface area contributed by atoms with Crippen LogP contribution in [-0.4, -0.2) is 60.8 Å². The van der Waals surface area contributed by atoms with E-state index in [1.165, 1.54) is 23.9 Å². The van der Waals surface area contributed by atoms with Crippen LogP contribution in [-0.2, 0) is 27.5 Å². The molecule has 2 aromatic rings. The minimum absolute atomic E-state index is 0.0737. The van der Waals surface area contributed by atoms with Crippen LogP contribution in [0.5, 0.6) is 5.75 Å². The zero-order valence-corrected chi connectivity index (χ0v) is 18.7. The second-order valence-corrected chi connectivity index (χ2v) is 11.0. The van der Waals surface area contributed by atoms with Crippen molar-refractivity contribution in [2.75, 3.05) is 25.2 Å². The molecule has 2 aromatic carbocycles. The Labute approximate surface area is 185 Å². The number of amidine groups is 1. The number of benzene rings is 2. The summed E-state index contributed by atoms with van der Waals surface area (Å²) in [4.78, 5) is 18.8. The van der Waals surface area contributed by atoms with Crippen molar-refractivity contribution in [2.45, 2.75) is 24.1 Å². The Bertz CT molecular complexity index is 1090. The zero-order chi connectivity index (χ0) is 22.0. The van der Waals surface area contributed by atoms with Gasteiger partial charge in [0.1, 0.15) is 11.6 Å². The minimum atomic E-state index is -3.09. The molecule has 164 valence electrons. The SMILES string of the molecule is COc1ccc(CCN2C(=NC(=O)Cc3ccc(F)cc3)S[C@H]3CS(=O)(=O)C[C@@H]32)cc1. The molecule has 31 heavy (non-hydrogen) atoms. The summed E-state index contributed by atoms with van der Waals surface area (Å²) in [5.74, 6) is 0.278. The first-order valence-corrected chi connectivity index (χ1v) is 12.7. The fourth-order valence-electron chi connectivity index (χ4n) is 3.86. The molecule has 2 fully saturated rings. The van der Waals surface area contributed by atoms with Gasteiger partial charge in [-0.3, -0.25) is 4.79 Å². The Morgan fingerprint density at radius 1 is 1.13 bits per heavy atom. The number of ether oxygens (including phenoxy) is 1. The molecule has 0 spiro atoms. The van der Waals surface area contributed by atoms with Crippen molar-refractivity contribution in [1.82, 2.24) is 4.90 Å². The molecule has 0 aromatic heterocycles. The first-order chi connectivity index (χ1) is 14.8. The number of thioether (sulfide) groups is 1. The molecule has 0 bridgehead atoms. The fourth-order valence-corrected chi connectivity index (χ4v) is 7.86. The van der Waals surface area contributed by atoms with E-state index >= 15 is 0 Å². The first-order valence-electron chi connectivity index (χ1n) is 9.95. The number of aliphatic imine (C=N–C) groups is 1. The lowest BCUT2D eigenvalue weighted by atomic mass is 10.1. The van der Waals surface area contributed by atoms with Crippen molar-refractivity contribution in [3.05, 3.63) is 65.5 Å². The summed E-state index contributed by atoms with van der Waals surface area (Å²) in [5, 5.41) is 0.462. The predicted octanol–water partition coefficient (Wildman–Crippen LogP) is 2.72. The highest BCUT2D eigenvalue weighted by Gasteiger charge is 2.48. The van der Waals surface area contributed by atoms with E-state index in [9.17, 15) is 17.6 Å². The van der Waals surface area contributed by atoms with E-state index in [1.54, 1.807) is 19.2 Å². The van der Waals surface area contributed by atoms with Crippen LogP contribution in [0.2, 0.25) is 0 Å². The van der Waals surface area contributed by atoms with E-state index in [0.717, 1.165) is 11.3 Å². The standard InChI is InChI=1S/C22H23FN2O4S2/c1-29-18-8-4-15(5-9-18)10-11-25-19-13-31(27,28)14-20(19)30-22(25)24-21(26)12-16-2-6-17(23)7-3-16/h2-9,19-20H,10-14H2,1H3/t19-,20-/m0/s1. The number of sulfone groups is 1. The molecule has 2 atom stereocenters. The van der Waals surface area contributed by atoms with Crippen molar-refractivity contribution in [2.24, 2.45) is 4.99 Å². The highest BCUT2D eigenvalue weighted by Crippen LogP contribution is 2.38. The third kappa shape index (κ3) is 5.27. The van der Waals surface area contributed by atoms with Crippen LogP contribution < -0.4 is 4.74 Å². The predicted molar refractivity (Wildman–Crippen MR) is 120 cm³/mol. The van der Waals surface area contributed by atoms with Crippen LogP contribution in [0.25, 0.3) is 0 Å². The van der Waals surface area contributed by atoms with Gasteiger partial charge in [-0.1, -0.05) is 36.0 Å². The first kappa shape index (κ1) is 21.8. The van der Waals surface area contributed by atoms with Gasteiger partial charge in [0.15, 0.2) is 15.0 Å². The molecule has 2 aliphatic rings. The van der Waals surface area contributed by atoms with Gasteiger partial charge in [0.2, 0.25) is 0 Å². The van der Waals surface area contributed by atoms with Gasteiger partial charge in [0.25, 0.3) is 5.91 Å². The smallest absolute Gasteiger partial charge is 0.252 e. The molecular formula is C22H23FN2O4S2. The van der Waals surface area contributed by atoms with Gasteiger partial charge < -0.3 is 9.64 Å². The summed E-state index contributed by atoms with van der Waals surface area (Å²) in [6, 6.07) is 13.3. The van der Waals surface area contributed by atoms with Gasteiger partial charge in [-0.15, -0.1) is 0 Å². The van der Waals surface area contributed by atoms with E-state index in [-0.39, 0.29) is 40.9 Å². The number of methoxy groups -OCH3 is 1. The number of nitrogens with zero attached hydrogens (tertiary/aromatic N) is 2. The maximum absolute atomic E-state index is 13.1. The number of carbonyl (C=O) groups is 1. The molecule has 0 unspecified atom stereocenters. The number of fused-ring (bicyclic) bond motifs is 1. The molecule has 0 N–H and O–H groups in total. The van der Waals surface area contributed by atoms with Crippen molar-refractivity contribution in [1.29, 1.82) is 0 Å². The number of amides is 1. The van der Waals surface area contributed by atoms with Crippen LogP contribution in [0, 0.1) is 5.82 Å². The number of carbonyl (C=O) groups excluding carboxylic acids is 1. The Kier molecular flexibility index (Phi) is 6.34. The molecule has 0 saturated carbocycles. The number of rotatable bonds is 6. The minimum Gasteiger partial charge on any atom is -0.497 e. The highest BCUT2D eigenvalue weighted by atomic mass is 32.2. The average molecular weight is 463 g/mol. The van der Waals surface area contributed by atoms with Crippen molar-refractivity contribution in [3.63, 3.8) is 0 Å². The molecule has 2 aliphatic heterocycles. The Morgan fingerprint density at radius 2 is 1.81 bits per heavy atom. The van der Waals surface area contributed by atoms with Gasteiger partial charge >= 0.3 is 0 Å². The summed E-state index contributed by atoms with van der Waals surface area (Å²) in [6.45, 7) is 0.568. The summed E-state index contributed by atoms with van der Waals surface area (Å²) in [7, 11) is -1.48. The lowest BCUT2D eigenvalue weighted by molar-refractivity contribution is -0.117. The van der Waals surface area contributed by atoms with Crippen molar-refractivity contribution < 1.29 is 22.3 Å². The number of hydrogen-bond acceptors (Lipinski definition) is 5. The average Bonchev–Trinajstić information content (AvgIpc) is 3.19. The van der Waals surface area contributed by atoms with Crippen molar-refractivity contribution >= 4 is 32.7 Å². The fraction of sp³-hybridized carbons (Fsp3) is 0.364. The molecule has 9 heteroatoms. The Hall–Kier alpha value is -2.39. The summed E-state index contributed by atoms with van der Waals surface area (Å²) < 4.78 is 42.6. The van der Waals surface area contributed by atoms with Crippen LogP contribution in [0.3, 0.4) is 0 Å². The molecule has 4 rings (SSSR count). The van der Waals surface area contributed by atoms with Crippen molar-refractivity contribution in [3.8, 4) is 5.75 Å². The lowest BCUT2D eigenvalue weighted by Crippen LogP contribution is -2.39. The van der Waals surface area contributed by atoms with Crippen LogP contribution in [0.4, 0.5) is 4.39 Å². The molecule has 2 heterocycles. The van der Waals surface area contributed by atoms with Crippen LogP contribution >= 0.6 is 11.8 Å². The quantitative estimate of drug-likeness (QED) is 0.657. The second-order valence-electron chi connectivity index (χ2n) is 7.68. The van der Waals surface area contributed by atoms with Crippen LogP contribution in [0.15, 0.2) is 53.5 Å². The van der Waals surface area contributed by atoms with E-state index in [1.807, 2.05) is 29.2 Å². The zero-order valence-electron chi connectivity index (χ0n) is 17.0. The largest absolute Gasteiger partial charge is 0.497 e. The third-order valence-electron chi connectivity index (χ3n) is 5.46. The maximum Gasteiger partial charge on any atom is 0.252 e. The van der Waals surface area contributed by atoms with E-state index in [2.05, 4.69) is 4.99 Å². The molecule has 2 saturated heterocycles.